The second-order valence-corrected chi connectivity index (χ2v) is 5.60. The van der Waals surface area contributed by atoms with E-state index in [0.717, 1.165) is 24.5 Å². The van der Waals surface area contributed by atoms with Crippen molar-refractivity contribution in [2.45, 2.75) is 32.2 Å². The first-order valence-electron chi connectivity index (χ1n) is 6.14. The van der Waals surface area contributed by atoms with Gasteiger partial charge in [0.15, 0.2) is 0 Å². The van der Waals surface area contributed by atoms with E-state index in [1.54, 1.807) is 0 Å². The average molecular weight is 252 g/mol. The molecule has 2 heterocycles. The van der Waals surface area contributed by atoms with Crippen LogP contribution in [0.3, 0.4) is 0 Å². The number of nitrogen functional groups attached to an aromatic ring is 1. The molecule has 4 nitrogen and oxygen atoms in total. The molecule has 1 aliphatic rings. The molecule has 1 aliphatic heterocycles. The van der Waals surface area contributed by atoms with Crippen molar-refractivity contribution >= 4 is 23.4 Å². The van der Waals surface area contributed by atoms with E-state index in [2.05, 4.69) is 28.8 Å². The zero-order chi connectivity index (χ0) is 12.3. The number of hydrogen-bond acceptors (Lipinski definition) is 5. The highest BCUT2D eigenvalue weighted by Crippen LogP contribution is 2.25. The van der Waals surface area contributed by atoms with Gasteiger partial charge in [-0.15, -0.1) is 0 Å². The van der Waals surface area contributed by atoms with E-state index in [1.165, 1.54) is 17.9 Å². The summed E-state index contributed by atoms with van der Waals surface area (Å²) in [5, 5.41) is 0. The fourth-order valence-electron chi connectivity index (χ4n) is 2.03. The molecule has 0 amide bonds. The van der Waals surface area contributed by atoms with Crippen molar-refractivity contribution in [3.8, 4) is 0 Å². The molecule has 0 saturated carbocycles. The van der Waals surface area contributed by atoms with Gasteiger partial charge in [-0.2, -0.15) is 11.8 Å². The predicted octanol–water partition coefficient (Wildman–Crippen LogP) is 1.95. The summed E-state index contributed by atoms with van der Waals surface area (Å²) in [6.45, 7) is 2.13. The van der Waals surface area contributed by atoms with Gasteiger partial charge in [-0.3, -0.25) is 0 Å². The number of nitrogens with zero attached hydrogens (tertiary/aromatic N) is 3. The van der Waals surface area contributed by atoms with Gasteiger partial charge in [0.25, 0.3) is 0 Å². The monoisotopic (exact) mass is 252 g/mol. The second kappa shape index (κ2) is 5.58. The van der Waals surface area contributed by atoms with Crippen LogP contribution >= 0.6 is 11.8 Å². The van der Waals surface area contributed by atoms with Crippen LogP contribution in [0.2, 0.25) is 0 Å². The summed E-state index contributed by atoms with van der Waals surface area (Å²) in [6.07, 6.45) is 3.17. The van der Waals surface area contributed by atoms with Gasteiger partial charge in [0.1, 0.15) is 17.5 Å². The van der Waals surface area contributed by atoms with Gasteiger partial charge in [0.05, 0.1) is 0 Å². The third-order valence-corrected chi connectivity index (χ3v) is 4.21. The maximum absolute atomic E-state index is 5.84. The molecular weight excluding hydrogens is 232 g/mol. The summed E-state index contributed by atoms with van der Waals surface area (Å²) in [5.74, 6) is 4.84. The van der Waals surface area contributed by atoms with Gasteiger partial charge in [0, 0.05) is 31.3 Å². The van der Waals surface area contributed by atoms with E-state index in [-0.39, 0.29) is 0 Å². The number of hydrogen-bond donors (Lipinski definition) is 1. The average Bonchev–Trinajstić information content (AvgIpc) is 2.81. The quantitative estimate of drug-likeness (QED) is 0.887. The van der Waals surface area contributed by atoms with Crippen molar-refractivity contribution in [2.24, 2.45) is 0 Å². The van der Waals surface area contributed by atoms with Gasteiger partial charge >= 0.3 is 0 Å². The van der Waals surface area contributed by atoms with Crippen LogP contribution in [0.5, 0.6) is 0 Å². The molecule has 1 aromatic rings. The van der Waals surface area contributed by atoms with Crippen LogP contribution in [-0.4, -0.2) is 34.6 Å². The lowest BCUT2D eigenvalue weighted by atomic mass is 10.2. The second-order valence-electron chi connectivity index (χ2n) is 4.45. The van der Waals surface area contributed by atoms with Gasteiger partial charge in [0.2, 0.25) is 0 Å². The van der Waals surface area contributed by atoms with E-state index in [4.69, 9.17) is 5.73 Å². The van der Waals surface area contributed by atoms with E-state index in [9.17, 15) is 0 Å². The summed E-state index contributed by atoms with van der Waals surface area (Å²) in [4.78, 5) is 11.1. The molecule has 17 heavy (non-hydrogen) atoms. The van der Waals surface area contributed by atoms with Crippen molar-refractivity contribution < 1.29 is 0 Å². The standard InChI is InChI=1S/C12H20N4S/c1-3-4-11-14-10(13)7-12(15-11)16(2)9-5-6-17-8-9/h7,9H,3-6,8H2,1-2H3,(H2,13,14,15). The van der Waals surface area contributed by atoms with E-state index < -0.39 is 0 Å². The highest BCUT2D eigenvalue weighted by Gasteiger charge is 2.21. The summed E-state index contributed by atoms with van der Waals surface area (Å²) in [5.41, 5.74) is 5.84. The maximum Gasteiger partial charge on any atom is 0.134 e. The molecule has 1 aromatic heterocycles. The van der Waals surface area contributed by atoms with Crippen LogP contribution in [-0.2, 0) is 6.42 Å². The zero-order valence-electron chi connectivity index (χ0n) is 10.5. The van der Waals surface area contributed by atoms with Crippen molar-refractivity contribution in [3.05, 3.63) is 11.9 Å². The Morgan fingerprint density at radius 2 is 2.35 bits per heavy atom. The molecule has 1 fully saturated rings. The summed E-state index contributed by atoms with van der Waals surface area (Å²) >= 11 is 2.01. The highest BCUT2D eigenvalue weighted by molar-refractivity contribution is 7.99. The van der Waals surface area contributed by atoms with E-state index in [1.807, 2.05) is 17.8 Å². The first kappa shape index (κ1) is 12.5. The van der Waals surface area contributed by atoms with Crippen LogP contribution in [0.1, 0.15) is 25.6 Å². The molecule has 2 rings (SSSR count). The summed E-state index contributed by atoms with van der Waals surface area (Å²) in [7, 11) is 2.11. The number of nitrogens with two attached hydrogens (primary N) is 1. The summed E-state index contributed by atoms with van der Waals surface area (Å²) in [6, 6.07) is 2.46. The lowest BCUT2D eigenvalue weighted by Crippen LogP contribution is -2.32. The van der Waals surface area contributed by atoms with E-state index in [0.29, 0.717) is 11.9 Å². The highest BCUT2D eigenvalue weighted by atomic mass is 32.2. The Kier molecular flexibility index (Phi) is 4.10. The Morgan fingerprint density at radius 3 is 3.00 bits per heavy atom. The number of anilines is 2. The minimum absolute atomic E-state index is 0.580. The van der Waals surface area contributed by atoms with Crippen LogP contribution in [0.4, 0.5) is 11.6 Å². The van der Waals surface area contributed by atoms with Crippen LogP contribution in [0.15, 0.2) is 6.07 Å². The molecule has 1 unspecified atom stereocenters. The number of aromatic nitrogens is 2. The number of aryl methyl sites for hydroxylation is 1. The largest absolute Gasteiger partial charge is 0.384 e. The lowest BCUT2D eigenvalue weighted by molar-refractivity contribution is 0.686. The Morgan fingerprint density at radius 1 is 1.53 bits per heavy atom. The smallest absolute Gasteiger partial charge is 0.134 e. The minimum atomic E-state index is 0.580. The first-order chi connectivity index (χ1) is 8.20. The molecule has 1 atom stereocenters. The predicted molar refractivity (Wildman–Crippen MR) is 74.6 cm³/mol. The number of thioether (sulfide) groups is 1. The number of rotatable bonds is 4. The van der Waals surface area contributed by atoms with Gasteiger partial charge in [-0.05, 0) is 18.6 Å². The van der Waals surface area contributed by atoms with Crippen LogP contribution < -0.4 is 10.6 Å². The molecule has 0 spiro atoms. The third kappa shape index (κ3) is 3.03. The van der Waals surface area contributed by atoms with Crippen LogP contribution in [0, 0.1) is 0 Å². The Labute approximate surface area is 107 Å². The summed E-state index contributed by atoms with van der Waals surface area (Å²) < 4.78 is 0. The normalized spacial score (nSPS) is 19.5. The van der Waals surface area contributed by atoms with Crippen molar-refractivity contribution in [1.29, 1.82) is 0 Å². The third-order valence-electron chi connectivity index (χ3n) is 3.07. The molecule has 5 heteroatoms. The Hall–Kier alpha value is -0.970. The Bertz CT molecular complexity index is 377. The molecule has 0 aliphatic carbocycles. The molecule has 94 valence electrons. The zero-order valence-corrected chi connectivity index (χ0v) is 11.3. The van der Waals surface area contributed by atoms with Crippen molar-refractivity contribution in [2.75, 3.05) is 29.2 Å². The fourth-order valence-corrected chi connectivity index (χ4v) is 3.30. The first-order valence-corrected chi connectivity index (χ1v) is 7.30. The molecule has 0 radical (unpaired) electrons. The van der Waals surface area contributed by atoms with Gasteiger partial charge < -0.3 is 10.6 Å². The minimum Gasteiger partial charge on any atom is -0.384 e. The molecule has 1 saturated heterocycles. The van der Waals surface area contributed by atoms with Crippen LogP contribution in [0.25, 0.3) is 0 Å². The van der Waals surface area contributed by atoms with Crippen molar-refractivity contribution in [3.63, 3.8) is 0 Å². The van der Waals surface area contributed by atoms with E-state index >= 15 is 0 Å². The molecular formula is C12H20N4S. The van der Waals surface area contributed by atoms with Crippen molar-refractivity contribution in [1.82, 2.24) is 9.97 Å². The maximum atomic E-state index is 5.84. The Balaban J connectivity index is 2.18. The molecule has 0 aromatic carbocycles. The SMILES string of the molecule is CCCc1nc(N)cc(N(C)C2CCSC2)n1. The fraction of sp³-hybridized carbons (Fsp3) is 0.667. The van der Waals surface area contributed by atoms with Gasteiger partial charge in [-0.25, -0.2) is 9.97 Å². The molecule has 2 N–H and O–H groups in total. The molecule has 0 bridgehead atoms. The topological polar surface area (TPSA) is 55.0 Å². The van der Waals surface area contributed by atoms with Gasteiger partial charge in [-0.1, -0.05) is 6.92 Å². The lowest BCUT2D eigenvalue weighted by Gasteiger charge is -2.25.